The van der Waals surface area contributed by atoms with Gasteiger partial charge >= 0.3 is 0 Å². The molecule has 0 saturated heterocycles. The van der Waals surface area contributed by atoms with Crippen LogP contribution in [0.15, 0.2) is 42.5 Å². The van der Waals surface area contributed by atoms with Gasteiger partial charge in [0.2, 0.25) is 5.91 Å². The number of carbonyl (C=O) groups is 1. The van der Waals surface area contributed by atoms with Crippen LogP contribution in [0.3, 0.4) is 0 Å². The minimum Gasteiger partial charge on any atom is -0.495 e. The molecule has 0 heterocycles. The second-order valence-electron chi connectivity index (χ2n) is 5.55. The molecule has 0 aromatic heterocycles. The third kappa shape index (κ3) is 3.34. The van der Waals surface area contributed by atoms with Gasteiger partial charge in [-0.2, -0.15) is 0 Å². The number of ether oxygens (including phenoxy) is 1. The number of amides is 1. The Labute approximate surface area is 135 Å². The van der Waals surface area contributed by atoms with Gasteiger partial charge in [-0.25, -0.2) is 0 Å². The van der Waals surface area contributed by atoms with Crippen LogP contribution < -0.4 is 15.8 Å². The van der Waals surface area contributed by atoms with Gasteiger partial charge in [0.15, 0.2) is 0 Å². The molecule has 0 aliphatic heterocycles. The van der Waals surface area contributed by atoms with Crippen molar-refractivity contribution in [3.8, 4) is 5.75 Å². The first-order chi connectivity index (χ1) is 10.3. The van der Waals surface area contributed by atoms with Crippen LogP contribution in [0.25, 0.3) is 0 Å². The fourth-order valence-electron chi connectivity index (χ4n) is 2.09. The maximum Gasteiger partial charge on any atom is 0.234 e. The number of anilines is 2. The summed E-state index contributed by atoms with van der Waals surface area (Å²) >= 11 is 5.99. The fourth-order valence-corrected chi connectivity index (χ4v) is 2.26. The molecule has 5 heteroatoms. The zero-order valence-electron chi connectivity index (χ0n) is 12.8. The van der Waals surface area contributed by atoms with E-state index in [1.165, 1.54) is 0 Å². The minimum atomic E-state index is -0.721. The summed E-state index contributed by atoms with van der Waals surface area (Å²) in [6, 6.07) is 12.4. The Kier molecular flexibility index (Phi) is 4.62. The molecule has 22 heavy (non-hydrogen) atoms. The van der Waals surface area contributed by atoms with Crippen molar-refractivity contribution in [1.82, 2.24) is 0 Å². The Balaban J connectivity index is 2.28. The lowest BCUT2D eigenvalue weighted by Gasteiger charge is -2.25. The molecule has 4 nitrogen and oxygen atoms in total. The minimum absolute atomic E-state index is 0.155. The molecule has 0 fully saturated rings. The third-order valence-electron chi connectivity index (χ3n) is 3.61. The second kappa shape index (κ2) is 6.28. The summed E-state index contributed by atoms with van der Waals surface area (Å²) in [5.74, 6) is 0.406. The highest BCUT2D eigenvalue weighted by molar-refractivity contribution is 6.31. The molecule has 0 bridgehead atoms. The lowest BCUT2D eigenvalue weighted by molar-refractivity contribution is -0.120. The SMILES string of the molecule is COc1ccc(Cl)cc1NC(=O)C(C)(C)c1ccc(N)cc1. The normalized spacial score (nSPS) is 11.1. The number of rotatable bonds is 4. The summed E-state index contributed by atoms with van der Waals surface area (Å²) in [6.07, 6.45) is 0. The van der Waals surface area contributed by atoms with E-state index in [9.17, 15) is 4.79 Å². The van der Waals surface area contributed by atoms with Crippen molar-refractivity contribution in [2.24, 2.45) is 0 Å². The van der Waals surface area contributed by atoms with E-state index < -0.39 is 5.41 Å². The van der Waals surface area contributed by atoms with Gasteiger partial charge in [0.25, 0.3) is 0 Å². The number of nitrogens with one attached hydrogen (secondary N) is 1. The number of nitrogens with two attached hydrogens (primary N) is 1. The summed E-state index contributed by atoms with van der Waals surface area (Å²) in [5, 5.41) is 3.41. The fraction of sp³-hybridized carbons (Fsp3) is 0.235. The quantitative estimate of drug-likeness (QED) is 0.842. The van der Waals surface area contributed by atoms with E-state index in [-0.39, 0.29) is 5.91 Å². The lowest BCUT2D eigenvalue weighted by atomic mass is 9.83. The molecule has 0 saturated carbocycles. The highest BCUT2D eigenvalue weighted by atomic mass is 35.5. The van der Waals surface area contributed by atoms with E-state index in [0.29, 0.717) is 22.1 Å². The van der Waals surface area contributed by atoms with Crippen molar-refractivity contribution in [1.29, 1.82) is 0 Å². The monoisotopic (exact) mass is 318 g/mol. The summed E-state index contributed by atoms with van der Waals surface area (Å²) in [7, 11) is 1.55. The van der Waals surface area contributed by atoms with Crippen LogP contribution in [-0.2, 0) is 10.2 Å². The van der Waals surface area contributed by atoms with Crippen LogP contribution in [-0.4, -0.2) is 13.0 Å². The molecule has 1 amide bonds. The first kappa shape index (κ1) is 16.2. The predicted octanol–water partition coefficient (Wildman–Crippen LogP) is 3.85. The van der Waals surface area contributed by atoms with Crippen LogP contribution in [0, 0.1) is 0 Å². The summed E-state index contributed by atoms with van der Waals surface area (Å²) in [6.45, 7) is 3.70. The van der Waals surface area contributed by atoms with Gasteiger partial charge in [-0.3, -0.25) is 4.79 Å². The van der Waals surface area contributed by atoms with Gasteiger partial charge in [-0.05, 0) is 49.7 Å². The van der Waals surface area contributed by atoms with E-state index in [0.717, 1.165) is 5.56 Å². The molecular formula is C17H19ClN2O2. The molecule has 0 spiro atoms. The summed E-state index contributed by atoms with van der Waals surface area (Å²) < 4.78 is 5.25. The molecule has 0 unspecified atom stereocenters. The first-order valence-corrected chi connectivity index (χ1v) is 7.23. The van der Waals surface area contributed by atoms with Crippen molar-refractivity contribution >= 4 is 28.9 Å². The van der Waals surface area contributed by atoms with Gasteiger partial charge in [-0.15, -0.1) is 0 Å². The number of halogens is 1. The van der Waals surface area contributed by atoms with Gasteiger partial charge in [0, 0.05) is 10.7 Å². The molecule has 3 N–H and O–H groups in total. The predicted molar refractivity (Wildman–Crippen MR) is 90.5 cm³/mol. The van der Waals surface area contributed by atoms with E-state index in [4.69, 9.17) is 22.1 Å². The van der Waals surface area contributed by atoms with E-state index in [1.54, 1.807) is 37.4 Å². The molecule has 116 valence electrons. The van der Waals surface area contributed by atoms with Crippen LogP contribution in [0.5, 0.6) is 5.75 Å². The van der Waals surface area contributed by atoms with Gasteiger partial charge in [0.05, 0.1) is 18.2 Å². The standard InChI is InChI=1S/C17H19ClN2O2/c1-17(2,11-4-7-13(19)8-5-11)16(21)20-14-10-12(18)6-9-15(14)22-3/h4-10H,19H2,1-3H3,(H,20,21). The van der Waals surface area contributed by atoms with Crippen LogP contribution >= 0.6 is 11.6 Å². The van der Waals surface area contributed by atoms with E-state index >= 15 is 0 Å². The molecule has 2 rings (SSSR count). The Hall–Kier alpha value is -2.20. The second-order valence-corrected chi connectivity index (χ2v) is 5.98. The van der Waals surface area contributed by atoms with E-state index in [2.05, 4.69) is 5.32 Å². The largest absolute Gasteiger partial charge is 0.495 e. The third-order valence-corrected chi connectivity index (χ3v) is 3.84. The number of methoxy groups -OCH3 is 1. The van der Waals surface area contributed by atoms with E-state index in [1.807, 2.05) is 26.0 Å². The highest BCUT2D eigenvalue weighted by Crippen LogP contribution is 2.31. The average molecular weight is 319 g/mol. The van der Waals surface area contributed by atoms with Crippen molar-refractivity contribution in [2.45, 2.75) is 19.3 Å². The average Bonchev–Trinajstić information content (AvgIpc) is 2.48. The highest BCUT2D eigenvalue weighted by Gasteiger charge is 2.30. The number of carbonyl (C=O) groups excluding carboxylic acids is 1. The van der Waals surface area contributed by atoms with Crippen LogP contribution in [0.4, 0.5) is 11.4 Å². The maximum absolute atomic E-state index is 12.7. The topological polar surface area (TPSA) is 64.3 Å². The van der Waals surface area contributed by atoms with Gasteiger partial charge in [-0.1, -0.05) is 23.7 Å². The Bertz CT molecular complexity index is 682. The molecule has 2 aromatic carbocycles. The van der Waals surface area contributed by atoms with Crippen LogP contribution in [0.2, 0.25) is 5.02 Å². The number of benzene rings is 2. The number of nitrogen functional groups attached to an aromatic ring is 1. The van der Waals surface area contributed by atoms with Crippen molar-refractivity contribution in [2.75, 3.05) is 18.2 Å². The van der Waals surface area contributed by atoms with Gasteiger partial charge in [0.1, 0.15) is 5.75 Å². The summed E-state index contributed by atoms with van der Waals surface area (Å²) in [4.78, 5) is 12.7. The Morgan fingerprint density at radius 3 is 2.41 bits per heavy atom. The summed E-state index contributed by atoms with van der Waals surface area (Å²) in [5.41, 5.74) is 7.05. The van der Waals surface area contributed by atoms with Gasteiger partial charge < -0.3 is 15.8 Å². The first-order valence-electron chi connectivity index (χ1n) is 6.85. The Morgan fingerprint density at radius 1 is 1.18 bits per heavy atom. The number of hydrogen-bond acceptors (Lipinski definition) is 3. The van der Waals surface area contributed by atoms with Crippen molar-refractivity contribution < 1.29 is 9.53 Å². The van der Waals surface area contributed by atoms with Crippen molar-refractivity contribution in [3.63, 3.8) is 0 Å². The Morgan fingerprint density at radius 2 is 1.82 bits per heavy atom. The molecule has 0 radical (unpaired) electrons. The lowest BCUT2D eigenvalue weighted by Crippen LogP contribution is -2.34. The molecule has 0 aliphatic carbocycles. The zero-order chi connectivity index (χ0) is 16.3. The van der Waals surface area contributed by atoms with Crippen LogP contribution in [0.1, 0.15) is 19.4 Å². The number of hydrogen-bond donors (Lipinski definition) is 2. The zero-order valence-corrected chi connectivity index (χ0v) is 13.6. The maximum atomic E-state index is 12.7. The molecule has 0 atom stereocenters. The smallest absolute Gasteiger partial charge is 0.234 e. The molecule has 2 aromatic rings. The molecule has 0 aliphatic rings. The molecular weight excluding hydrogens is 300 g/mol. The van der Waals surface area contributed by atoms with Crippen molar-refractivity contribution in [3.05, 3.63) is 53.1 Å².